The highest BCUT2D eigenvalue weighted by Crippen LogP contribution is 2.13. The molecular weight excluding hydrogens is 292 g/mol. The van der Waals surface area contributed by atoms with Crippen LogP contribution in [0.25, 0.3) is 0 Å². The van der Waals surface area contributed by atoms with Crippen molar-refractivity contribution in [2.45, 2.75) is 33.6 Å². The average molecular weight is 319 g/mol. The van der Waals surface area contributed by atoms with Gasteiger partial charge in [-0.3, -0.25) is 9.59 Å². The maximum atomic E-state index is 12.3. The minimum Gasteiger partial charge on any atom is -0.466 e. The summed E-state index contributed by atoms with van der Waals surface area (Å²) in [5, 5.41) is 2.96. The van der Waals surface area contributed by atoms with Crippen LogP contribution in [0.3, 0.4) is 0 Å². The van der Waals surface area contributed by atoms with E-state index in [1.165, 1.54) is 0 Å². The maximum absolute atomic E-state index is 12.3. The zero-order valence-corrected chi connectivity index (χ0v) is 14.3. The Morgan fingerprint density at radius 2 is 1.96 bits per heavy atom. The molecule has 126 valence electrons. The number of amides is 1. The molecule has 1 amide bonds. The molecule has 5 nitrogen and oxygen atoms in total. The second-order valence-electron chi connectivity index (χ2n) is 6.40. The second kappa shape index (κ2) is 8.11. The number of likely N-dealkylation sites (tertiary alicyclic amines) is 1. The highest BCUT2D eigenvalue weighted by atomic mass is 16.5. The SMILES string of the molecule is CCOC(=O)[C@@H]1CCC[NH+](CC(=O)Nc2cc(C)cc(C)c2)C1. The van der Waals surface area contributed by atoms with Gasteiger partial charge >= 0.3 is 5.97 Å². The summed E-state index contributed by atoms with van der Waals surface area (Å²) in [7, 11) is 0. The van der Waals surface area contributed by atoms with Gasteiger partial charge in [-0.2, -0.15) is 0 Å². The van der Waals surface area contributed by atoms with Crippen molar-refractivity contribution in [2.75, 3.05) is 31.6 Å². The summed E-state index contributed by atoms with van der Waals surface area (Å²) in [5.41, 5.74) is 3.10. The van der Waals surface area contributed by atoms with Gasteiger partial charge in [0.15, 0.2) is 6.54 Å². The van der Waals surface area contributed by atoms with Crippen LogP contribution in [0.4, 0.5) is 5.69 Å². The van der Waals surface area contributed by atoms with Gasteiger partial charge in [0.25, 0.3) is 5.91 Å². The summed E-state index contributed by atoms with van der Waals surface area (Å²) >= 11 is 0. The minimum absolute atomic E-state index is 0.00508. The van der Waals surface area contributed by atoms with Gasteiger partial charge in [0.2, 0.25) is 0 Å². The minimum atomic E-state index is -0.126. The van der Waals surface area contributed by atoms with Gasteiger partial charge in [-0.1, -0.05) is 6.07 Å². The Kier molecular flexibility index (Phi) is 6.16. The van der Waals surface area contributed by atoms with Gasteiger partial charge in [0.1, 0.15) is 5.92 Å². The van der Waals surface area contributed by atoms with Crippen molar-refractivity contribution < 1.29 is 19.2 Å². The molecule has 1 saturated heterocycles. The summed E-state index contributed by atoms with van der Waals surface area (Å²) in [5.74, 6) is -0.207. The Morgan fingerprint density at radius 3 is 2.61 bits per heavy atom. The fraction of sp³-hybridized carbons (Fsp3) is 0.556. The number of carbonyl (C=O) groups is 2. The number of quaternary nitrogens is 1. The van der Waals surface area contributed by atoms with E-state index in [-0.39, 0.29) is 17.8 Å². The lowest BCUT2D eigenvalue weighted by molar-refractivity contribution is -0.899. The fourth-order valence-electron chi connectivity index (χ4n) is 3.25. The van der Waals surface area contributed by atoms with Gasteiger partial charge in [0, 0.05) is 5.69 Å². The Labute approximate surface area is 138 Å². The Bertz CT molecular complexity index is 551. The number of carbonyl (C=O) groups excluding carboxylic acids is 2. The molecule has 1 aliphatic rings. The van der Waals surface area contributed by atoms with Crippen LogP contribution in [0, 0.1) is 19.8 Å². The van der Waals surface area contributed by atoms with E-state index in [0.717, 1.165) is 41.1 Å². The van der Waals surface area contributed by atoms with Gasteiger partial charge in [-0.15, -0.1) is 0 Å². The van der Waals surface area contributed by atoms with Crippen molar-refractivity contribution in [3.63, 3.8) is 0 Å². The largest absolute Gasteiger partial charge is 0.466 e. The van der Waals surface area contributed by atoms with Crippen LogP contribution in [0.2, 0.25) is 0 Å². The number of nitrogens with one attached hydrogen (secondary N) is 2. The standard InChI is InChI=1S/C18H26N2O3/c1-4-23-18(22)15-6-5-7-20(11-15)12-17(21)19-16-9-13(2)8-14(3)10-16/h8-10,15H,4-7,11-12H2,1-3H3,(H,19,21)/p+1/t15-/m1/s1. The van der Waals surface area contributed by atoms with Crippen LogP contribution in [-0.4, -0.2) is 38.1 Å². The fourth-order valence-corrected chi connectivity index (χ4v) is 3.25. The first-order chi connectivity index (χ1) is 11.0. The summed E-state index contributed by atoms with van der Waals surface area (Å²) < 4.78 is 5.10. The van der Waals surface area contributed by atoms with Gasteiger partial charge in [0.05, 0.1) is 19.7 Å². The Balaban J connectivity index is 1.88. The number of aryl methyl sites for hydroxylation is 2. The van der Waals surface area contributed by atoms with Crippen molar-refractivity contribution >= 4 is 17.6 Å². The third-order valence-corrected chi connectivity index (χ3v) is 4.15. The molecule has 1 aliphatic heterocycles. The van der Waals surface area contributed by atoms with Crippen molar-refractivity contribution in [1.82, 2.24) is 0 Å². The second-order valence-corrected chi connectivity index (χ2v) is 6.40. The third kappa shape index (κ3) is 5.36. The first-order valence-electron chi connectivity index (χ1n) is 8.36. The van der Waals surface area contributed by atoms with Crippen molar-refractivity contribution in [1.29, 1.82) is 0 Å². The molecule has 0 radical (unpaired) electrons. The smallest absolute Gasteiger partial charge is 0.314 e. The lowest BCUT2D eigenvalue weighted by Gasteiger charge is -2.28. The molecule has 0 spiro atoms. The molecule has 1 aromatic carbocycles. The van der Waals surface area contributed by atoms with Crippen LogP contribution < -0.4 is 10.2 Å². The van der Waals surface area contributed by atoms with Crippen LogP contribution >= 0.6 is 0 Å². The molecule has 2 N–H and O–H groups in total. The first kappa shape index (κ1) is 17.5. The molecule has 1 heterocycles. The number of hydrogen-bond acceptors (Lipinski definition) is 3. The maximum Gasteiger partial charge on any atom is 0.314 e. The molecule has 0 saturated carbocycles. The Morgan fingerprint density at radius 1 is 1.26 bits per heavy atom. The van der Waals surface area contributed by atoms with Gasteiger partial charge in [-0.25, -0.2) is 0 Å². The van der Waals surface area contributed by atoms with E-state index in [1.807, 2.05) is 32.9 Å². The quantitative estimate of drug-likeness (QED) is 0.799. The molecule has 5 heteroatoms. The van der Waals surface area contributed by atoms with Crippen LogP contribution in [0.5, 0.6) is 0 Å². The number of piperidine rings is 1. The highest BCUT2D eigenvalue weighted by Gasteiger charge is 2.30. The van der Waals surface area contributed by atoms with E-state index < -0.39 is 0 Å². The van der Waals surface area contributed by atoms with Gasteiger partial charge in [-0.05, 0) is 56.9 Å². The lowest BCUT2D eigenvalue weighted by Crippen LogP contribution is -3.14. The zero-order valence-electron chi connectivity index (χ0n) is 14.3. The number of anilines is 1. The molecule has 0 aromatic heterocycles. The molecule has 2 atom stereocenters. The summed E-state index contributed by atoms with van der Waals surface area (Å²) in [4.78, 5) is 25.3. The molecule has 1 unspecified atom stereocenters. The Hall–Kier alpha value is -1.88. The van der Waals surface area contributed by atoms with E-state index in [4.69, 9.17) is 4.74 Å². The van der Waals surface area contributed by atoms with Gasteiger partial charge < -0.3 is 15.0 Å². The van der Waals surface area contributed by atoms with E-state index in [1.54, 1.807) is 0 Å². The normalized spacial score (nSPS) is 20.8. The highest BCUT2D eigenvalue weighted by molar-refractivity contribution is 5.91. The molecule has 1 fully saturated rings. The number of esters is 1. The van der Waals surface area contributed by atoms with E-state index in [0.29, 0.717) is 19.7 Å². The predicted octanol–water partition coefficient (Wildman–Crippen LogP) is 1.10. The number of benzene rings is 1. The molecule has 0 aliphatic carbocycles. The topological polar surface area (TPSA) is 59.8 Å². The molecule has 0 bridgehead atoms. The van der Waals surface area contributed by atoms with Crippen LogP contribution in [0.1, 0.15) is 30.9 Å². The molecule has 1 aromatic rings. The van der Waals surface area contributed by atoms with Crippen molar-refractivity contribution in [3.8, 4) is 0 Å². The number of hydrogen-bond donors (Lipinski definition) is 2. The first-order valence-corrected chi connectivity index (χ1v) is 8.36. The summed E-state index contributed by atoms with van der Waals surface area (Å²) in [6.45, 7) is 8.27. The number of rotatable bonds is 5. The van der Waals surface area contributed by atoms with E-state index in [2.05, 4.69) is 11.4 Å². The van der Waals surface area contributed by atoms with E-state index in [9.17, 15) is 9.59 Å². The molecule has 2 rings (SSSR count). The van der Waals surface area contributed by atoms with Crippen LogP contribution in [-0.2, 0) is 14.3 Å². The van der Waals surface area contributed by atoms with E-state index >= 15 is 0 Å². The number of ether oxygens (including phenoxy) is 1. The van der Waals surface area contributed by atoms with Crippen molar-refractivity contribution in [3.05, 3.63) is 29.3 Å². The predicted molar refractivity (Wildman–Crippen MR) is 89.5 cm³/mol. The summed E-state index contributed by atoms with van der Waals surface area (Å²) in [6.07, 6.45) is 1.82. The van der Waals surface area contributed by atoms with Crippen LogP contribution in [0.15, 0.2) is 18.2 Å². The lowest BCUT2D eigenvalue weighted by atomic mass is 9.98. The monoisotopic (exact) mass is 319 g/mol. The molecular formula is C18H27N2O3+. The molecule has 23 heavy (non-hydrogen) atoms. The zero-order chi connectivity index (χ0) is 16.8. The average Bonchev–Trinajstić information content (AvgIpc) is 2.46. The summed E-state index contributed by atoms with van der Waals surface area (Å²) in [6, 6.07) is 6.02. The van der Waals surface area contributed by atoms with Crippen molar-refractivity contribution in [2.24, 2.45) is 5.92 Å². The third-order valence-electron chi connectivity index (χ3n) is 4.15.